The number of hydrogen-bond donors (Lipinski definition) is 1. The smallest absolute Gasteiger partial charge is 0.340 e. The van der Waals surface area contributed by atoms with Crippen LogP contribution in [0.1, 0.15) is 29.9 Å². The van der Waals surface area contributed by atoms with Crippen LogP contribution >= 0.6 is 24.8 Å². The number of halogens is 5. The number of nitrogens with two attached hydrogens (primary N) is 1. The highest BCUT2D eigenvalue weighted by Crippen LogP contribution is 2.28. The Bertz CT molecular complexity index is 478. The van der Waals surface area contributed by atoms with Gasteiger partial charge in [0.05, 0.1) is 5.56 Å². The molecule has 22 heavy (non-hydrogen) atoms. The van der Waals surface area contributed by atoms with Crippen molar-refractivity contribution in [3.63, 3.8) is 0 Å². The van der Waals surface area contributed by atoms with E-state index in [-0.39, 0.29) is 35.9 Å². The maximum atomic E-state index is 12.4. The highest BCUT2D eigenvalue weighted by Gasteiger charge is 2.31. The van der Waals surface area contributed by atoms with Crippen LogP contribution in [0.5, 0.6) is 0 Å². The summed E-state index contributed by atoms with van der Waals surface area (Å²) in [7, 11) is 1.57. The molecule has 1 rings (SSSR count). The molecule has 0 radical (unpaired) electrons. The third kappa shape index (κ3) is 6.37. The second kappa shape index (κ2) is 8.55. The lowest BCUT2D eigenvalue weighted by atomic mass is 9.93. The average molecular weight is 362 g/mol. The van der Waals surface area contributed by atoms with Crippen LogP contribution in [0.3, 0.4) is 0 Å². The molecule has 0 aliphatic rings. The van der Waals surface area contributed by atoms with Crippen LogP contribution in [0.4, 0.5) is 13.2 Å². The fourth-order valence-electron chi connectivity index (χ4n) is 1.66. The Morgan fingerprint density at radius 3 is 2.18 bits per heavy atom. The van der Waals surface area contributed by atoms with Crippen molar-refractivity contribution in [2.24, 2.45) is 11.1 Å². The minimum Gasteiger partial charge on any atom is -0.340 e. The van der Waals surface area contributed by atoms with E-state index in [1.807, 2.05) is 13.8 Å². The van der Waals surface area contributed by atoms with Gasteiger partial charge in [-0.2, -0.15) is 13.2 Å². The van der Waals surface area contributed by atoms with E-state index in [2.05, 4.69) is 4.98 Å². The van der Waals surface area contributed by atoms with Gasteiger partial charge >= 0.3 is 6.18 Å². The molecule has 2 N–H and O–H groups in total. The van der Waals surface area contributed by atoms with Crippen LogP contribution in [-0.2, 0) is 6.18 Å². The number of carbonyl (C=O) groups is 1. The van der Waals surface area contributed by atoms with Gasteiger partial charge in [0, 0.05) is 19.8 Å². The van der Waals surface area contributed by atoms with Crippen molar-refractivity contribution < 1.29 is 18.0 Å². The Morgan fingerprint density at radius 1 is 1.27 bits per heavy atom. The van der Waals surface area contributed by atoms with Crippen LogP contribution in [0.25, 0.3) is 0 Å². The lowest BCUT2D eigenvalue weighted by molar-refractivity contribution is -0.137. The van der Waals surface area contributed by atoms with E-state index in [4.69, 9.17) is 5.73 Å². The summed E-state index contributed by atoms with van der Waals surface area (Å²) >= 11 is 0. The number of amides is 1. The molecule has 0 fully saturated rings. The van der Waals surface area contributed by atoms with Gasteiger partial charge < -0.3 is 10.6 Å². The van der Waals surface area contributed by atoms with Gasteiger partial charge in [0.1, 0.15) is 5.69 Å². The number of carbonyl (C=O) groups excluding carboxylic acids is 1. The van der Waals surface area contributed by atoms with Gasteiger partial charge in [0.15, 0.2) is 0 Å². The first-order chi connectivity index (χ1) is 9.07. The molecule has 0 unspecified atom stereocenters. The standard InChI is InChI=1S/C13H18F3N3O.2ClH/c1-12(2,7-17)8-19(3)11(20)10-5-4-9(6-18-10)13(14,15)16;;/h4-6H,7-8,17H2,1-3H3;2*1H. The first-order valence-corrected chi connectivity index (χ1v) is 6.05. The minimum absolute atomic E-state index is 0. The second-order valence-corrected chi connectivity index (χ2v) is 5.46. The fraction of sp³-hybridized carbons (Fsp3) is 0.538. The number of alkyl halides is 3. The van der Waals surface area contributed by atoms with E-state index in [1.165, 1.54) is 4.90 Å². The zero-order valence-corrected chi connectivity index (χ0v) is 14.1. The van der Waals surface area contributed by atoms with Gasteiger partial charge in [-0.1, -0.05) is 13.8 Å². The predicted octanol–water partition coefficient (Wildman–Crippen LogP) is 3.00. The monoisotopic (exact) mass is 361 g/mol. The predicted molar refractivity (Wildman–Crippen MR) is 83.5 cm³/mol. The SMILES string of the molecule is CN(CC(C)(C)CN)C(=O)c1ccc(C(F)(F)F)cn1.Cl.Cl. The number of hydrogen-bond acceptors (Lipinski definition) is 3. The Balaban J connectivity index is 0. The maximum absolute atomic E-state index is 12.4. The van der Waals surface area contributed by atoms with Crippen molar-refractivity contribution >= 4 is 30.7 Å². The summed E-state index contributed by atoms with van der Waals surface area (Å²) in [6.45, 7) is 4.59. The minimum atomic E-state index is -4.46. The van der Waals surface area contributed by atoms with Crippen molar-refractivity contribution in [1.29, 1.82) is 0 Å². The molecule has 0 atom stereocenters. The van der Waals surface area contributed by atoms with Crippen molar-refractivity contribution in [3.05, 3.63) is 29.6 Å². The second-order valence-electron chi connectivity index (χ2n) is 5.46. The zero-order chi connectivity index (χ0) is 15.6. The molecule has 0 aromatic carbocycles. The molecule has 4 nitrogen and oxygen atoms in total. The number of aromatic nitrogens is 1. The van der Waals surface area contributed by atoms with Crippen molar-refractivity contribution in [3.8, 4) is 0 Å². The molecule has 0 saturated heterocycles. The molecule has 1 heterocycles. The molecule has 1 amide bonds. The summed E-state index contributed by atoms with van der Waals surface area (Å²) in [4.78, 5) is 17.0. The van der Waals surface area contributed by atoms with Gasteiger partial charge in [-0.15, -0.1) is 24.8 Å². The summed E-state index contributed by atoms with van der Waals surface area (Å²) in [6.07, 6.45) is -3.79. The average Bonchev–Trinajstić information content (AvgIpc) is 2.36. The van der Waals surface area contributed by atoms with Gasteiger partial charge in [-0.3, -0.25) is 9.78 Å². The topological polar surface area (TPSA) is 59.2 Å². The fourth-order valence-corrected chi connectivity index (χ4v) is 1.66. The molecule has 0 aliphatic heterocycles. The van der Waals surface area contributed by atoms with E-state index >= 15 is 0 Å². The van der Waals surface area contributed by atoms with Crippen molar-refractivity contribution in [1.82, 2.24) is 9.88 Å². The summed E-state index contributed by atoms with van der Waals surface area (Å²) in [5.74, 6) is -0.430. The molecule has 9 heteroatoms. The van der Waals surface area contributed by atoms with Crippen LogP contribution in [-0.4, -0.2) is 35.9 Å². The van der Waals surface area contributed by atoms with Crippen molar-refractivity contribution in [2.75, 3.05) is 20.1 Å². The molecule has 1 aromatic heterocycles. The molecular weight excluding hydrogens is 342 g/mol. The highest BCUT2D eigenvalue weighted by molar-refractivity contribution is 5.92. The largest absolute Gasteiger partial charge is 0.417 e. The molecule has 0 saturated carbocycles. The summed E-state index contributed by atoms with van der Waals surface area (Å²) < 4.78 is 37.2. The summed E-state index contributed by atoms with van der Waals surface area (Å²) in [5.41, 5.74) is 4.42. The molecule has 0 spiro atoms. The Morgan fingerprint density at radius 2 is 1.82 bits per heavy atom. The van der Waals surface area contributed by atoms with Crippen LogP contribution < -0.4 is 5.73 Å². The number of nitrogens with zero attached hydrogens (tertiary/aromatic N) is 2. The van der Waals surface area contributed by atoms with E-state index in [0.29, 0.717) is 19.3 Å². The number of pyridine rings is 1. The molecule has 128 valence electrons. The normalized spacial score (nSPS) is 11.2. The van der Waals surface area contributed by atoms with Gasteiger partial charge in [-0.05, 0) is 24.1 Å². The maximum Gasteiger partial charge on any atom is 0.417 e. The quantitative estimate of drug-likeness (QED) is 0.896. The third-order valence-corrected chi connectivity index (χ3v) is 2.87. The van der Waals surface area contributed by atoms with Gasteiger partial charge in [0.2, 0.25) is 0 Å². The lowest BCUT2D eigenvalue weighted by Gasteiger charge is -2.28. The van der Waals surface area contributed by atoms with E-state index in [9.17, 15) is 18.0 Å². The van der Waals surface area contributed by atoms with E-state index in [0.717, 1.165) is 12.1 Å². The molecule has 0 bridgehead atoms. The van der Waals surface area contributed by atoms with Gasteiger partial charge in [0.25, 0.3) is 5.91 Å². The van der Waals surface area contributed by atoms with Crippen LogP contribution in [0.15, 0.2) is 18.3 Å². The molecular formula is C13H20Cl2F3N3O. The Kier molecular flexibility index (Phi) is 9.02. The number of rotatable bonds is 4. The summed E-state index contributed by atoms with van der Waals surface area (Å²) in [5, 5.41) is 0. The van der Waals surface area contributed by atoms with E-state index in [1.54, 1.807) is 7.05 Å². The first kappa shape index (κ1) is 23.2. The third-order valence-electron chi connectivity index (χ3n) is 2.87. The highest BCUT2D eigenvalue weighted by atomic mass is 35.5. The Labute approximate surface area is 140 Å². The van der Waals surface area contributed by atoms with Crippen LogP contribution in [0.2, 0.25) is 0 Å². The molecule has 1 aromatic rings. The van der Waals surface area contributed by atoms with Crippen molar-refractivity contribution in [2.45, 2.75) is 20.0 Å². The van der Waals surface area contributed by atoms with E-state index < -0.39 is 17.6 Å². The zero-order valence-electron chi connectivity index (χ0n) is 12.5. The lowest BCUT2D eigenvalue weighted by Crippen LogP contribution is -2.40. The molecule has 0 aliphatic carbocycles. The Hall–Kier alpha value is -1.05. The van der Waals surface area contributed by atoms with Crippen LogP contribution in [0, 0.1) is 5.41 Å². The van der Waals surface area contributed by atoms with Gasteiger partial charge in [-0.25, -0.2) is 0 Å². The first-order valence-electron chi connectivity index (χ1n) is 6.05. The summed E-state index contributed by atoms with van der Waals surface area (Å²) in [6, 6.07) is 1.93.